The van der Waals surface area contributed by atoms with E-state index in [1.54, 1.807) is 18.2 Å². The standard InChI is InChI=1S/C14H12F4N2S/c15-11-4-2-1-3-10(11)12(7-19)21-13-6-5-9(8-20-13)14(16,17)18/h1-6,8,12H,7,19H2. The highest BCUT2D eigenvalue weighted by molar-refractivity contribution is 7.99. The highest BCUT2D eigenvalue weighted by atomic mass is 32.2. The molecule has 0 aliphatic carbocycles. The Kier molecular flexibility index (Phi) is 4.84. The van der Waals surface area contributed by atoms with Gasteiger partial charge >= 0.3 is 6.18 Å². The van der Waals surface area contributed by atoms with E-state index in [0.717, 1.165) is 24.0 Å². The number of hydrogen-bond donors (Lipinski definition) is 1. The van der Waals surface area contributed by atoms with Crippen LogP contribution in [0.5, 0.6) is 0 Å². The minimum atomic E-state index is -4.42. The second kappa shape index (κ2) is 6.44. The maximum absolute atomic E-state index is 13.7. The number of aromatic nitrogens is 1. The lowest BCUT2D eigenvalue weighted by Crippen LogP contribution is -2.11. The molecule has 0 fully saturated rings. The molecule has 0 amide bonds. The lowest BCUT2D eigenvalue weighted by atomic mass is 10.1. The van der Waals surface area contributed by atoms with Gasteiger partial charge in [0.05, 0.1) is 15.8 Å². The normalized spacial score (nSPS) is 13.2. The zero-order valence-corrected chi connectivity index (χ0v) is 11.6. The van der Waals surface area contributed by atoms with Crippen molar-refractivity contribution in [1.82, 2.24) is 4.98 Å². The average molecular weight is 316 g/mol. The maximum atomic E-state index is 13.7. The van der Waals surface area contributed by atoms with Gasteiger partial charge in [-0.15, -0.1) is 0 Å². The van der Waals surface area contributed by atoms with Crippen molar-refractivity contribution in [1.29, 1.82) is 0 Å². The minimum Gasteiger partial charge on any atom is -0.329 e. The maximum Gasteiger partial charge on any atom is 0.417 e. The molecule has 0 spiro atoms. The van der Waals surface area contributed by atoms with Crippen LogP contribution in [0.2, 0.25) is 0 Å². The number of pyridine rings is 1. The van der Waals surface area contributed by atoms with Gasteiger partial charge in [0.15, 0.2) is 0 Å². The number of thioether (sulfide) groups is 1. The largest absolute Gasteiger partial charge is 0.417 e. The summed E-state index contributed by atoms with van der Waals surface area (Å²) in [5.41, 5.74) is 5.22. The molecule has 2 aromatic rings. The van der Waals surface area contributed by atoms with E-state index in [9.17, 15) is 17.6 Å². The number of benzene rings is 1. The van der Waals surface area contributed by atoms with Crippen LogP contribution in [0.1, 0.15) is 16.4 Å². The van der Waals surface area contributed by atoms with Gasteiger partial charge in [-0.1, -0.05) is 30.0 Å². The molecule has 1 atom stereocenters. The van der Waals surface area contributed by atoms with Gasteiger partial charge in [0.1, 0.15) is 5.82 Å². The third-order valence-electron chi connectivity index (χ3n) is 2.79. The van der Waals surface area contributed by atoms with E-state index in [0.29, 0.717) is 10.6 Å². The molecule has 2 rings (SSSR count). The first kappa shape index (κ1) is 15.8. The number of nitrogens with zero attached hydrogens (tertiary/aromatic N) is 1. The van der Waals surface area contributed by atoms with Crippen molar-refractivity contribution in [2.24, 2.45) is 5.73 Å². The topological polar surface area (TPSA) is 38.9 Å². The molecule has 1 unspecified atom stereocenters. The van der Waals surface area contributed by atoms with E-state index < -0.39 is 22.8 Å². The van der Waals surface area contributed by atoms with Crippen molar-refractivity contribution in [2.45, 2.75) is 16.5 Å². The summed E-state index contributed by atoms with van der Waals surface area (Å²) in [6.07, 6.45) is -3.66. The molecule has 0 bridgehead atoms. The average Bonchev–Trinajstić information content (AvgIpc) is 2.45. The first-order valence-electron chi connectivity index (χ1n) is 6.06. The molecule has 0 saturated carbocycles. The Labute approximate surface area is 123 Å². The smallest absolute Gasteiger partial charge is 0.329 e. The summed E-state index contributed by atoms with van der Waals surface area (Å²) in [4.78, 5) is 3.75. The van der Waals surface area contributed by atoms with E-state index in [1.165, 1.54) is 12.1 Å². The van der Waals surface area contributed by atoms with Crippen molar-refractivity contribution in [3.63, 3.8) is 0 Å². The number of alkyl halides is 3. The predicted molar refractivity (Wildman–Crippen MR) is 73.3 cm³/mol. The van der Waals surface area contributed by atoms with Crippen LogP contribution in [-0.4, -0.2) is 11.5 Å². The van der Waals surface area contributed by atoms with E-state index in [1.807, 2.05) is 0 Å². The second-order valence-corrected chi connectivity index (χ2v) is 5.47. The van der Waals surface area contributed by atoms with Gasteiger partial charge in [0.2, 0.25) is 0 Å². The summed E-state index contributed by atoms with van der Waals surface area (Å²) in [5.74, 6) is -0.396. The van der Waals surface area contributed by atoms with Crippen molar-refractivity contribution in [3.05, 3.63) is 59.5 Å². The lowest BCUT2D eigenvalue weighted by molar-refractivity contribution is -0.137. The molecule has 1 heterocycles. The van der Waals surface area contributed by atoms with Crippen LogP contribution in [0.25, 0.3) is 0 Å². The molecule has 0 saturated heterocycles. The molecule has 21 heavy (non-hydrogen) atoms. The van der Waals surface area contributed by atoms with Gasteiger partial charge in [0, 0.05) is 18.3 Å². The molecule has 0 radical (unpaired) electrons. The molecule has 1 aromatic heterocycles. The number of halogens is 4. The fraction of sp³-hybridized carbons (Fsp3) is 0.214. The lowest BCUT2D eigenvalue weighted by Gasteiger charge is -2.15. The van der Waals surface area contributed by atoms with Crippen LogP contribution in [0.4, 0.5) is 17.6 Å². The molecule has 7 heteroatoms. The third-order valence-corrected chi connectivity index (χ3v) is 4.01. The zero-order chi connectivity index (χ0) is 15.5. The van der Waals surface area contributed by atoms with Gasteiger partial charge in [-0.05, 0) is 18.2 Å². The SMILES string of the molecule is NCC(Sc1ccc(C(F)(F)F)cn1)c1ccccc1F. The Morgan fingerprint density at radius 2 is 1.86 bits per heavy atom. The van der Waals surface area contributed by atoms with E-state index in [2.05, 4.69) is 4.98 Å². The molecule has 2 nitrogen and oxygen atoms in total. The fourth-order valence-electron chi connectivity index (χ4n) is 1.74. The van der Waals surface area contributed by atoms with Crippen molar-refractivity contribution < 1.29 is 17.6 Å². The van der Waals surface area contributed by atoms with Gasteiger partial charge in [-0.3, -0.25) is 0 Å². The first-order valence-corrected chi connectivity index (χ1v) is 6.94. The van der Waals surface area contributed by atoms with E-state index in [4.69, 9.17) is 5.73 Å². The molecular weight excluding hydrogens is 304 g/mol. The molecule has 2 N–H and O–H groups in total. The monoisotopic (exact) mass is 316 g/mol. The Morgan fingerprint density at radius 3 is 2.38 bits per heavy atom. The number of hydrogen-bond acceptors (Lipinski definition) is 3. The minimum absolute atomic E-state index is 0.147. The molecule has 0 aliphatic rings. The van der Waals surface area contributed by atoms with Crippen LogP contribution in [0.15, 0.2) is 47.6 Å². The quantitative estimate of drug-likeness (QED) is 0.684. The summed E-state index contributed by atoms with van der Waals surface area (Å²) in [6, 6.07) is 8.37. The van der Waals surface area contributed by atoms with Gasteiger partial charge in [-0.2, -0.15) is 13.2 Å². The third kappa shape index (κ3) is 3.95. The Balaban J connectivity index is 2.18. The zero-order valence-electron chi connectivity index (χ0n) is 10.8. The molecular formula is C14H12F4N2S. The van der Waals surface area contributed by atoms with Crippen LogP contribution in [0, 0.1) is 5.82 Å². The summed E-state index contributed by atoms with van der Waals surface area (Å²) < 4.78 is 51.1. The van der Waals surface area contributed by atoms with Crippen molar-refractivity contribution in [3.8, 4) is 0 Å². The summed E-state index contributed by atoms with van der Waals surface area (Å²) in [5, 5.41) is -0.0443. The first-order chi connectivity index (χ1) is 9.91. The van der Waals surface area contributed by atoms with Gasteiger partial charge < -0.3 is 5.73 Å². The molecule has 0 aliphatic heterocycles. The van der Waals surface area contributed by atoms with Crippen molar-refractivity contribution >= 4 is 11.8 Å². The summed E-state index contributed by atoms with van der Waals surface area (Å²) in [6.45, 7) is 0.147. The van der Waals surface area contributed by atoms with E-state index >= 15 is 0 Å². The van der Waals surface area contributed by atoms with Crippen LogP contribution >= 0.6 is 11.8 Å². The predicted octanol–water partition coefficient (Wildman–Crippen LogP) is 4.03. The van der Waals surface area contributed by atoms with Gasteiger partial charge in [0.25, 0.3) is 0 Å². The second-order valence-electron chi connectivity index (χ2n) is 4.25. The van der Waals surface area contributed by atoms with Crippen LogP contribution in [-0.2, 0) is 6.18 Å². The Morgan fingerprint density at radius 1 is 1.14 bits per heavy atom. The fourth-order valence-corrected chi connectivity index (χ4v) is 2.70. The summed E-state index contributed by atoms with van der Waals surface area (Å²) in [7, 11) is 0. The highest BCUT2D eigenvalue weighted by Gasteiger charge is 2.30. The summed E-state index contributed by atoms with van der Waals surface area (Å²) >= 11 is 1.13. The Hall–Kier alpha value is -1.60. The van der Waals surface area contributed by atoms with Crippen LogP contribution < -0.4 is 5.73 Å². The number of nitrogens with two attached hydrogens (primary N) is 1. The van der Waals surface area contributed by atoms with Crippen LogP contribution in [0.3, 0.4) is 0 Å². The Bertz CT molecular complexity index is 599. The van der Waals surface area contributed by atoms with Gasteiger partial charge in [-0.25, -0.2) is 9.37 Å². The number of rotatable bonds is 4. The molecule has 112 valence electrons. The van der Waals surface area contributed by atoms with Crippen molar-refractivity contribution in [2.75, 3.05) is 6.54 Å². The highest BCUT2D eigenvalue weighted by Crippen LogP contribution is 2.36. The van der Waals surface area contributed by atoms with E-state index in [-0.39, 0.29) is 6.54 Å². The molecule has 1 aromatic carbocycles.